The van der Waals surface area contributed by atoms with Gasteiger partial charge in [-0.2, -0.15) is 0 Å². The van der Waals surface area contributed by atoms with E-state index in [1.54, 1.807) is 6.20 Å². The molecule has 0 amide bonds. The monoisotopic (exact) mass is 426 g/mol. The summed E-state index contributed by atoms with van der Waals surface area (Å²) in [5, 5.41) is 1.50. The maximum Gasteiger partial charge on any atom is 0.179 e. The number of nitrogens with zero attached hydrogens (tertiary/aromatic N) is 5. The second-order valence-electron chi connectivity index (χ2n) is 8.10. The van der Waals surface area contributed by atoms with Crippen LogP contribution in [0.25, 0.3) is 11.2 Å². The zero-order valence-electron chi connectivity index (χ0n) is 16.4. The standard InChI is InChI=1S/C21H23ClN6S/c1-11-7-14-8-13(23)9-16(11)28(14)18-10-25-21-15(26-18)3-4-19(27-21)29-17-5-6-24-12(2)20(17)22/h3-6,10-11,13-14,16H,7-9,23H2,1-2H3/t11-,13?,14-,16+/m0/s1. The fourth-order valence-corrected chi connectivity index (χ4v) is 5.78. The van der Waals surface area contributed by atoms with Gasteiger partial charge in [0.05, 0.1) is 16.9 Å². The fourth-order valence-electron chi connectivity index (χ4n) is 4.69. The van der Waals surface area contributed by atoms with Crippen molar-refractivity contribution in [2.75, 3.05) is 4.90 Å². The van der Waals surface area contributed by atoms with Crippen LogP contribution in [0, 0.1) is 12.8 Å². The predicted molar refractivity (Wildman–Crippen MR) is 116 cm³/mol. The Labute approximate surface area is 179 Å². The number of hydrogen-bond donors (Lipinski definition) is 1. The Morgan fingerprint density at radius 2 is 2.00 bits per heavy atom. The van der Waals surface area contributed by atoms with Crippen molar-refractivity contribution in [2.24, 2.45) is 11.7 Å². The van der Waals surface area contributed by atoms with Crippen molar-refractivity contribution in [3.63, 3.8) is 0 Å². The lowest BCUT2D eigenvalue weighted by atomic mass is 9.96. The largest absolute Gasteiger partial charge is 0.349 e. The first-order valence-corrected chi connectivity index (χ1v) is 11.2. The summed E-state index contributed by atoms with van der Waals surface area (Å²) < 4.78 is 0. The number of aryl methyl sites for hydroxylation is 1. The van der Waals surface area contributed by atoms with Crippen LogP contribution in [0.2, 0.25) is 5.02 Å². The summed E-state index contributed by atoms with van der Waals surface area (Å²) >= 11 is 7.88. The molecule has 4 atom stereocenters. The molecule has 3 aromatic rings. The van der Waals surface area contributed by atoms with Gasteiger partial charge >= 0.3 is 0 Å². The third-order valence-electron chi connectivity index (χ3n) is 6.04. The smallest absolute Gasteiger partial charge is 0.179 e. The van der Waals surface area contributed by atoms with Crippen LogP contribution in [0.15, 0.2) is 40.5 Å². The molecule has 0 radical (unpaired) electrons. The maximum absolute atomic E-state index is 6.37. The van der Waals surface area contributed by atoms with Crippen molar-refractivity contribution in [3.8, 4) is 0 Å². The highest BCUT2D eigenvalue weighted by Crippen LogP contribution is 2.41. The van der Waals surface area contributed by atoms with Crippen LogP contribution in [-0.4, -0.2) is 38.1 Å². The average Bonchev–Trinajstić information content (AvgIpc) is 2.91. The van der Waals surface area contributed by atoms with Gasteiger partial charge in [0, 0.05) is 29.2 Å². The summed E-state index contributed by atoms with van der Waals surface area (Å²) in [4.78, 5) is 21.8. The van der Waals surface area contributed by atoms with Crippen LogP contribution in [0.5, 0.6) is 0 Å². The molecule has 0 aliphatic carbocycles. The minimum Gasteiger partial charge on any atom is -0.349 e. The molecule has 2 fully saturated rings. The van der Waals surface area contributed by atoms with Crippen LogP contribution in [-0.2, 0) is 0 Å². The summed E-state index contributed by atoms with van der Waals surface area (Å²) in [6.07, 6.45) is 6.86. The van der Waals surface area contributed by atoms with Crippen LogP contribution in [0.3, 0.4) is 0 Å². The van der Waals surface area contributed by atoms with E-state index in [0.717, 1.165) is 39.8 Å². The summed E-state index contributed by atoms with van der Waals surface area (Å²) in [7, 11) is 0. The number of anilines is 1. The third-order valence-corrected chi connectivity index (χ3v) is 7.63. The van der Waals surface area contributed by atoms with Crippen LogP contribution < -0.4 is 10.6 Å². The van der Waals surface area contributed by atoms with Crippen molar-refractivity contribution in [2.45, 2.75) is 61.2 Å². The molecule has 0 spiro atoms. The van der Waals surface area contributed by atoms with E-state index in [0.29, 0.717) is 34.7 Å². The summed E-state index contributed by atoms with van der Waals surface area (Å²) in [6, 6.07) is 7.08. The first-order chi connectivity index (χ1) is 14.0. The molecule has 2 bridgehead atoms. The van der Waals surface area contributed by atoms with Crippen LogP contribution >= 0.6 is 23.4 Å². The molecule has 0 aromatic carbocycles. The van der Waals surface area contributed by atoms with E-state index in [9.17, 15) is 0 Å². The Morgan fingerprint density at radius 1 is 1.14 bits per heavy atom. The summed E-state index contributed by atoms with van der Waals surface area (Å²) in [5.41, 5.74) is 8.53. The molecule has 2 N–H and O–H groups in total. The summed E-state index contributed by atoms with van der Waals surface area (Å²) in [6.45, 7) is 4.22. The molecule has 2 aliphatic heterocycles. The molecule has 29 heavy (non-hydrogen) atoms. The zero-order valence-corrected chi connectivity index (χ0v) is 18.0. The Hall–Kier alpha value is -1.96. The molecule has 0 saturated carbocycles. The van der Waals surface area contributed by atoms with Crippen molar-refractivity contribution in [1.29, 1.82) is 0 Å². The lowest BCUT2D eigenvalue weighted by Gasteiger charge is -2.39. The molecule has 8 heteroatoms. The number of pyridine rings is 2. The highest BCUT2D eigenvalue weighted by Gasteiger charge is 2.44. The summed E-state index contributed by atoms with van der Waals surface area (Å²) in [5.74, 6) is 1.58. The Morgan fingerprint density at radius 3 is 2.83 bits per heavy atom. The van der Waals surface area contributed by atoms with Crippen LogP contribution in [0.4, 0.5) is 5.82 Å². The molecular weight excluding hydrogens is 404 g/mol. The lowest BCUT2D eigenvalue weighted by molar-refractivity contribution is 0.393. The van der Waals surface area contributed by atoms with Gasteiger partial charge in [0.25, 0.3) is 0 Å². The Kier molecular flexibility index (Phi) is 4.84. The van der Waals surface area contributed by atoms with Gasteiger partial charge in [-0.15, -0.1) is 0 Å². The van der Waals surface area contributed by atoms with Crippen molar-refractivity contribution >= 4 is 40.3 Å². The van der Waals surface area contributed by atoms with Gasteiger partial charge in [0.2, 0.25) is 0 Å². The number of piperidine rings is 1. The predicted octanol–water partition coefficient (Wildman–Crippen LogP) is 4.24. The van der Waals surface area contributed by atoms with E-state index in [2.05, 4.69) is 26.8 Å². The Balaban J connectivity index is 1.44. The molecule has 6 nitrogen and oxygen atoms in total. The second-order valence-corrected chi connectivity index (χ2v) is 9.54. The van der Waals surface area contributed by atoms with E-state index in [1.165, 1.54) is 18.2 Å². The van der Waals surface area contributed by atoms with E-state index in [4.69, 9.17) is 22.3 Å². The first kappa shape index (κ1) is 19.0. The normalized spacial score (nSPS) is 26.3. The highest BCUT2D eigenvalue weighted by molar-refractivity contribution is 7.99. The molecule has 3 aromatic heterocycles. The van der Waals surface area contributed by atoms with Crippen molar-refractivity contribution in [3.05, 3.63) is 41.3 Å². The molecular formula is C21H23ClN6S. The van der Waals surface area contributed by atoms with Gasteiger partial charge in [0.15, 0.2) is 5.65 Å². The van der Waals surface area contributed by atoms with Gasteiger partial charge in [-0.3, -0.25) is 4.98 Å². The van der Waals surface area contributed by atoms with E-state index in [-0.39, 0.29) is 0 Å². The molecule has 150 valence electrons. The average molecular weight is 427 g/mol. The van der Waals surface area contributed by atoms with Gasteiger partial charge in [0.1, 0.15) is 16.4 Å². The zero-order chi connectivity index (χ0) is 20.1. The van der Waals surface area contributed by atoms with Gasteiger partial charge in [-0.1, -0.05) is 30.3 Å². The van der Waals surface area contributed by atoms with Crippen LogP contribution in [0.1, 0.15) is 31.9 Å². The number of rotatable bonds is 3. The van der Waals surface area contributed by atoms with E-state index in [1.807, 2.05) is 31.3 Å². The third kappa shape index (κ3) is 3.45. The molecule has 5 rings (SSSR count). The number of nitrogens with two attached hydrogens (primary N) is 1. The Bertz CT molecular complexity index is 1070. The molecule has 5 heterocycles. The maximum atomic E-state index is 6.37. The van der Waals surface area contributed by atoms with Gasteiger partial charge < -0.3 is 10.6 Å². The number of halogens is 1. The minimum atomic E-state index is 0.296. The van der Waals surface area contributed by atoms with Crippen molar-refractivity contribution in [1.82, 2.24) is 19.9 Å². The quantitative estimate of drug-likeness (QED) is 0.670. The highest BCUT2D eigenvalue weighted by atomic mass is 35.5. The first-order valence-electron chi connectivity index (χ1n) is 9.96. The lowest BCUT2D eigenvalue weighted by Crippen LogP contribution is -2.48. The number of hydrogen-bond acceptors (Lipinski definition) is 7. The van der Waals surface area contributed by atoms with Gasteiger partial charge in [-0.05, 0) is 50.3 Å². The van der Waals surface area contributed by atoms with Crippen molar-refractivity contribution < 1.29 is 0 Å². The molecule has 2 saturated heterocycles. The van der Waals surface area contributed by atoms with Gasteiger partial charge in [-0.25, -0.2) is 15.0 Å². The molecule has 1 unspecified atom stereocenters. The second kappa shape index (κ2) is 7.38. The fraction of sp³-hybridized carbons (Fsp3) is 0.429. The SMILES string of the molecule is Cc1nccc(Sc2ccc3nc(N4[C@@H]5CC(N)C[C@@H]4[C@@H](C)C5)cnc3n2)c1Cl. The number of fused-ring (bicyclic) bond motifs is 3. The molecule has 2 aliphatic rings. The topological polar surface area (TPSA) is 80.8 Å². The van der Waals surface area contributed by atoms with E-state index >= 15 is 0 Å². The number of aromatic nitrogens is 4. The van der Waals surface area contributed by atoms with E-state index < -0.39 is 0 Å². The minimum absolute atomic E-state index is 0.296.